The third-order valence-electron chi connectivity index (χ3n) is 5.55. The maximum Gasteiger partial charge on any atom is 0.0727 e. The fourth-order valence-electron chi connectivity index (χ4n) is 5.40. The fourth-order valence-corrected chi connectivity index (χ4v) is 5.54. The van der Waals surface area contributed by atoms with Gasteiger partial charge in [0.25, 0.3) is 0 Å². The Balaban J connectivity index is 1.53. The van der Waals surface area contributed by atoms with Crippen LogP contribution in [-0.2, 0) is 0 Å². The van der Waals surface area contributed by atoms with Crippen molar-refractivity contribution in [1.82, 2.24) is 0 Å². The van der Waals surface area contributed by atoms with Crippen LogP contribution in [0.3, 0.4) is 0 Å². The summed E-state index contributed by atoms with van der Waals surface area (Å²) in [6, 6.07) is 0. The molecule has 4 aliphatic carbocycles. The molecular formula is C15H25NS. The Morgan fingerprint density at radius 1 is 1.00 bits per heavy atom. The van der Waals surface area contributed by atoms with Gasteiger partial charge >= 0.3 is 0 Å². The molecule has 2 heteroatoms. The smallest absolute Gasteiger partial charge is 0.0727 e. The third kappa shape index (κ3) is 2.52. The topological polar surface area (TPSA) is 26.0 Å². The van der Waals surface area contributed by atoms with Gasteiger partial charge in [-0.05, 0) is 81.0 Å². The van der Waals surface area contributed by atoms with E-state index in [0.717, 1.165) is 29.6 Å². The Morgan fingerprint density at radius 2 is 1.53 bits per heavy atom. The highest BCUT2D eigenvalue weighted by atomic mass is 32.1. The highest BCUT2D eigenvalue weighted by molar-refractivity contribution is 7.80. The van der Waals surface area contributed by atoms with E-state index in [-0.39, 0.29) is 0 Å². The summed E-state index contributed by atoms with van der Waals surface area (Å²) in [5.74, 6) is 3.28. The quantitative estimate of drug-likeness (QED) is 0.589. The second-order valence-corrected chi connectivity index (χ2v) is 7.62. The molecule has 0 amide bonds. The minimum atomic E-state index is 0.704. The van der Waals surface area contributed by atoms with Gasteiger partial charge in [-0.15, -0.1) is 0 Å². The molecule has 4 fully saturated rings. The van der Waals surface area contributed by atoms with Crippen LogP contribution in [0.4, 0.5) is 0 Å². The van der Waals surface area contributed by atoms with Gasteiger partial charge in [0, 0.05) is 0 Å². The number of unbranched alkanes of at least 4 members (excludes halogenated alkanes) is 1. The number of hydrogen-bond donors (Lipinski definition) is 1. The number of thiocarbonyl (C=S) groups is 1. The van der Waals surface area contributed by atoms with Gasteiger partial charge in [-0.1, -0.05) is 18.6 Å². The van der Waals surface area contributed by atoms with Gasteiger partial charge in [-0.3, -0.25) is 0 Å². The van der Waals surface area contributed by atoms with E-state index in [0.29, 0.717) is 4.99 Å². The largest absolute Gasteiger partial charge is 0.393 e. The molecule has 0 atom stereocenters. The first-order valence-corrected chi connectivity index (χ1v) is 7.84. The van der Waals surface area contributed by atoms with E-state index in [9.17, 15) is 0 Å². The summed E-state index contributed by atoms with van der Waals surface area (Å²) in [6.45, 7) is 0. The molecule has 4 aliphatic rings. The van der Waals surface area contributed by atoms with Crippen molar-refractivity contribution in [1.29, 1.82) is 0 Å². The first-order valence-electron chi connectivity index (χ1n) is 7.43. The minimum Gasteiger partial charge on any atom is -0.393 e. The predicted octanol–water partition coefficient (Wildman–Crippen LogP) is 4.05. The number of rotatable bonds is 5. The van der Waals surface area contributed by atoms with Crippen LogP contribution in [0.15, 0.2) is 0 Å². The molecule has 4 rings (SSSR count). The van der Waals surface area contributed by atoms with Crippen molar-refractivity contribution in [2.75, 3.05) is 0 Å². The first kappa shape index (κ1) is 12.0. The van der Waals surface area contributed by atoms with E-state index in [1.807, 2.05) is 0 Å². The molecule has 0 heterocycles. The van der Waals surface area contributed by atoms with Crippen LogP contribution in [0.5, 0.6) is 0 Å². The van der Waals surface area contributed by atoms with Gasteiger partial charge in [-0.2, -0.15) is 0 Å². The Labute approximate surface area is 111 Å². The molecule has 0 aromatic heterocycles. The summed E-state index contributed by atoms with van der Waals surface area (Å²) in [5, 5.41) is 0. The molecular weight excluding hydrogens is 226 g/mol. The molecule has 96 valence electrons. The minimum absolute atomic E-state index is 0.704. The Kier molecular flexibility index (Phi) is 3.18. The molecule has 0 aromatic rings. The van der Waals surface area contributed by atoms with E-state index < -0.39 is 0 Å². The van der Waals surface area contributed by atoms with Crippen molar-refractivity contribution in [2.45, 2.75) is 64.2 Å². The predicted molar refractivity (Wildman–Crippen MR) is 75.9 cm³/mol. The fraction of sp³-hybridized carbons (Fsp3) is 0.933. The van der Waals surface area contributed by atoms with Gasteiger partial charge < -0.3 is 5.73 Å². The standard InChI is InChI=1S/C15H25NS/c16-14(17)3-1-2-4-15-8-11-5-12(9-15)7-13(6-11)10-15/h11-13H,1-10H2,(H2,16,17). The lowest BCUT2D eigenvalue weighted by molar-refractivity contribution is -0.0582. The monoisotopic (exact) mass is 251 g/mol. The molecule has 0 aliphatic heterocycles. The molecule has 2 N–H and O–H groups in total. The van der Waals surface area contributed by atoms with Crippen LogP contribution >= 0.6 is 12.2 Å². The van der Waals surface area contributed by atoms with Crippen LogP contribution in [0.25, 0.3) is 0 Å². The van der Waals surface area contributed by atoms with Crippen molar-refractivity contribution in [3.8, 4) is 0 Å². The molecule has 0 spiro atoms. The van der Waals surface area contributed by atoms with Gasteiger partial charge in [0.2, 0.25) is 0 Å². The summed E-state index contributed by atoms with van der Waals surface area (Å²) in [5.41, 5.74) is 6.33. The second kappa shape index (κ2) is 4.53. The third-order valence-corrected chi connectivity index (χ3v) is 5.75. The lowest BCUT2D eigenvalue weighted by atomic mass is 9.48. The zero-order valence-electron chi connectivity index (χ0n) is 10.8. The van der Waals surface area contributed by atoms with Crippen molar-refractivity contribution in [3.05, 3.63) is 0 Å². The molecule has 0 aromatic carbocycles. The van der Waals surface area contributed by atoms with Gasteiger partial charge in [0.1, 0.15) is 0 Å². The van der Waals surface area contributed by atoms with Crippen molar-refractivity contribution in [3.63, 3.8) is 0 Å². The van der Waals surface area contributed by atoms with E-state index >= 15 is 0 Å². The molecule has 17 heavy (non-hydrogen) atoms. The summed E-state index contributed by atoms with van der Waals surface area (Å²) in [6.07, 6.45) is 14.3. The van der Waals surface area contributed by atoms with Crippen molar-refractivity contribution < 1.29 is 0 Å². The van der Waals surface area contributed by atoms with Gasteiger partial charge in [-0.25, -0.2) is 0 Å². The zero-order valence-corrected chi connectivity index (χ0v) is 11.6. The Hall–Kier alpha value is -0.110. The van der Waals surface area contributed by atoms with E-state index in [1.165, 1.54) is 19.3 Å². The van der Waals surface area contributed by atoms with E-state index in [2.05, 4.69) is 0 Å². The van der Waals surface area contributed by atoms with E-state index in [4.69, 9.17) is 18.0 Å². The normalized spacial score (nSPS) is 42.9. The number of hydrogen-bond acceptors (Lipinski definition) is 1. The molecule has 1 nitrogen and oxygen atoms in total. The second-order valence-electron chi connectivity index (χ2n) is 7.09. The molecule has 4 bridgehead atoms. The van der Waals surface area contributed by atoms with E-state index in [1.54, 1.807) is 38.5 Å². The number of nitrogens with two attached hydrogens (primary N) is 1. The van der Waals surface area contributed by atoms with Crippen molar-refractivity contribution in [2.24, 2.45) is 28.9 Å². The Bertz CT molecular complexity index is 275. The van der Waals surface area contributed by atoms with Gasteiger partial charge in [0.05, 0.1) is 4.99 Å². The summed E-state index contributed by atoms with van der Waals surface area (Å²) in [4.78, 5) is 0.704. The molecule has 0 unspecified atom stereocenters. The van der Waals surface area contributed by atoms with Gasteiger partial charge in [0.15, 0.2) is 0 Å². The van der Waals surface area contributed by atoms with Crippen LogP contribution in [-0.4, -0.2) is 4.99 Å². The summed E-state index contributed by atoms with van der Waals surface area (Å²) in [7, 11) is 0. The summed E-state index contributed by atoms with van der Waals surface area (Å²) >= 11 is 4.95. The lowest BCUT2D eigenvalue weighted by Crippen LogP contribution is -2.45. The Morgan fingerprint density at radius 3 is 2.00 bits per heavy atom. The SMILES string of the molecule is NC(=S)CCCCC12CC3CC(CC(C3)C1)C2. The average Bonchev–Trinajstić information content (AvgIpc) is 2.22. The molecule has 0 saturated heterocycles. The van der Waals surface area contributed by atoms with Crippen molar-refractivity contribution >= 4 is 17.2 Å². The van der Waals surface area contributed by atoms with Crippen LogP contribution < -0.4 is 5.73 Å². The maximum atomic E-state index is 5.57. The average molecular weight is 251 g/mol. The molecule has 0 radical (unpaired) electrons. The van der Waals surface area contributed by atoms with Crippen LogP contribution in [0.2, 0.25) is 0 Å². The molecule has 4 saturated carbocycles. The van der Waals surface area contributed by atoms with Crippen LogP contribution in [0.1, 0.15) is 64.2 Å². The first-order chi connectivity index (χ1) is 8.15. The lowest BCUT2D eigenvalue weighted by Gasteiger charge is -2.57. The highest BCUT2D eigenvalue weighted by Gasteiger charge is 2.50. The highest BCUT2D eigenvalue weighted by Crippen LogP contribution is 2.61. The maximum absolute atomic E-state index is 5.57. The van der Waals surface area contributed by atoms with Crippen LogP contribution in [0, 0.1) is 23.2 Å². The zero-order chi connectivity index (χ0) is 11.9. The summed E-state index contributed by atoms with van der Waals surface area (Å²) < 4.78 is 0.